The molecule has 0 spiro atoms. The molecule has 3 N–H and O–H groups in total. The standard InChI is InChI=1S/C17H15FN4O3/c18-14-6-5-12(9-16(14)22(24)25)21-17(23)19-8-7-11-10-20-15-4-2-1-3-13(11)15/h1-6,9-10,20H,7-8H2,(H2,19,21,23). The molecular formula is C17H15FN4O3. The van der Waals surface area contributed by atoms with Gasteiger partial charge in [-0.05, 0) is 30.2 Å². The summed E-state index contributed by atoms with van der Waals surface area (Å²) < 4.78 is 13.3. The fourth-order valence-electron chi connectivity index (χ4n) is 2.55. The molecule has 3 aromatic rings. The lowest BCUT2D eigenvalue weighted by molar-refractivity contribution is -0.387. The van der Waals surface area contributed by atoms with Crippen molar-refractivity contribution in [1.29, 1.82) is 0 Å². The minimum atomic E-state index is -0.949. The average Bonchev–Trinajstić information content (AvgIpc) is 3.00. The molecule has 128 valence electrons. The Morgan fingerprint density at radius 2 is 2.04 bits per heavy atom. The SMILES string of the molecule is O=C(NCCc1c[nH]c2ccccc12)Nc1ccc(F)c([N+](=O)[O-])c1. The van der Waals surface area contributed by atoms with Gasteiger partial charge in [0.15, 0.2) is 0 Å². The molecule has 3 rings (SSSR count). The van der Waals surface area contributed by atoms with Crippen molar-refractivity contribution in [2.24, 2.45) is 0 Å². The highest BCUT2D eigenvalue weighted by Gasteiger charge is 2.15. The number of carbonyl (C=O) groups is 1. The lowest BCUT2D eigenvalue weighted by atomic mass is 10.1. The van der Waals surface area contributed by atoms with E-state index < -0.39 is 22.5 Å². The molecule has 1 aromatic heterocycles. The molecule has 1 heterocycles. The Morgan fingerprint density at radius 1 is 1.24 bits per heavy atom. The summed E-state index contributed by atoms with van der Waals surface area (Å²) in [6, 6.07) is 10.5. The van der Waals surface area contributed by atoms with Gasteiger partial charge in [-0.2, -0.15) is 4.39 Å². The number of nitrogens with zero attached hydrogens (tertiary/aromatic N) is 1. The van der Waals surface area contributed by atoms with Crippen LogP contribution in [0.2, 0.25) is 0 Å². The Bertz CT molecular complexity index is 939. The number of aromatic nitrogens is 1. The molecule has 0 bridgehead atoms. The second kappa shape index (κ2) is 7.00. The van der Waals surface area contributed by atoms with Crippen LogP contribution in [0.3, 0.4) is 0 Å². The predicted octanol–water partition coefficient (Wildman–Crippen LogP) is 3.58. The topological polar surface area (TPSA) is 100 Å². The van der Waals surface area contributed by atoms with E-state index in [0.717, 1.165) is 28.6 Å². The van der Waals surface area contributed by atoms with Crippen molar-refractivity contribution in [2.45, 2.75) is 6.42 Å². The van der Waals surface area contributed by atoms with E-state index in [1.807, 2.05) is 30.5 Å². The van der Waals surface area contributed by atoms with E-state index in [2.05, 4.69) is 15.6 Å². The van der Waals surface area contributed by atoms with Crippen LogP contribution in [0.5, 0.6) is 0 Å². The predicted molar refractivity (Wildman–Crippen MR) is 92.1 cm³/mol. The summed E-state index contributed by atoms with van der Waals surface area (Å²) in [7, 11) is 0. The number of para-hydroxylation sites is 1. The van der Waals surface area contributed by atoms with Crippen LogP contribution in [0.15, 0.2) is 48.7 Å². The number of amides is 2. The van der Waals surface area contributed by atoms with E-state index in [1.165, 1.54) is 6.07 Å². The van der Waals surface area contributed by atoms with Gasteiger partial charge < -0.3 is 15.6 Å². The Kier molecular flexibility index (Phi) is 4.60. The van der Waals surface area contributed by atoms with Crippen LogP contribution < -0.4 is 10.6 Å². The van der Waals surface area contributed by atoms with Crippen molar-refractivity contribution >= 4 is 28.3 Å². The number of hydrogen-bond acceptors (Lipinski definition) is 3. The molecule has 7 nitrogen and oxygen atoms in total. The van der Waals surface area contributed by atoms with Crippen molar-refractivity contribution in [3.63, 3.8) is 0 Å². The highest BCUT2D eigenvalue weighted by Crippen LogP contribution is 2.21. The number of nitrogens with one attached hydrogen (secondary N) is 3. The molecule has 0 saturated heterocycles. The van der Waals surface area contributed by atoms with E-state index in [4.69, 9.17) is 0 Å². The number of benzene rings is 2. The van der Waals surface area contributed by atoms with Crippen LogP contribution in [0.25, 0.3) is 10.9 Å². The number of nitro groups is 1. The fraction of sp³-hybridized carbons (Fsp3) is 0.118. The van der Waals surface area contributed by atoms with Crippen LogP contribution in [-0.4, -0.2) is 22.5 Å². The second-order valence-electron chi connectivity index (χ2n) is 5.41. The molecule has 2 amide bonds. The van der Waals surface area contributed by atoms with Crippen molar-refractivity contribution in [3.05, 3.63) is 70.2 Å². The maximum atomic E-state index is 13.3. The maximum absolute atomic E-state index is 13.3. The molecule has 25 heavy (non-hydrogen) atoms. The van der Waals surface area contributed by atoms with Gasteiger partial charge in [0.05, 0.1) is 4.92 Å². The lowest BCUT2D eigenvalue weighted by Gasteiger charge is -2.07. The van der Waals surface area contributed by atoms with Gasteiger partial charge in [0.1, 0.15) is 0 Å². The van der Waals surface area contributed by atoms with Crippen LogP contribution in [0.1, 0.15) is 5.56 Å². The Morgan fingerprint density at radius 3 is 2.84 bits per heavy atom. The number of anilines is 1. The van der Waals surface area contributed by atoms with Crippen LogP contribution >= 0.6 is 0 Å². The first-order chi connectivity index (χ1) is 12.0. The lowest BCUT2D eigenvalue weighted by Crippen LogP contribution is -2.30. The van der Waals surface area contributed by atoms with E-state index in [1.54, 1.807) is 0 Å². The third-order valence-electron chi connectivity index (χ3n) is 3.76. The molecular weight excluding hydrogens is 327 g/mol. The first-order valence-corrected chi connectivity index (χ1v) is 7.58. The van der Waals surface area contributed by atoms with Gasteiger partial charge in [-0.1, -0.05) is 18.2 Å². The zero-order valence-electron chi connectivity index (χ0n) is 13.1. The number of aromatic amines is 1. The van der Waals surface area contributed by atoms with Gasteiger partial charge in [0.25, 0.3) is 0 Å². The first-order valence-electron chi connectivity index (χ1n) is 7.58. The van der Waals surface area contributed by atoms with Crippen molar-refractivity contribution in [1.82, 2.24) is 10.3 Å². The Hall–Kier alpha value is -3.42. The third-order valence-corrected chi connectivity index (χ3v) is 3.76. The second-order valence-corrected chi connectivity index (χ2v) is 5.41. The Labute approximate surface area is 142 Å². The minimum absolute atomic E-state index is 0.151. The van der Waals surface area contributed by atoms with Gasteiger partial charge in [-0.25, -0.2) is 4.79 Å². The van der Waals surface area contributed by atoms with Gasteiger partial charge in [0, 0.05) is 35.4 Å². The van der Waals surface area contributed by atoms with Crippen LogP contribution in [-0.2, 0) is 6.42 Å². The van der Waals surface area contributed by atoms with Crippen LogP contribution in [0.4, 0.5) is 20.6 Å². The van der Waals surface area contributed by atoms with Gasteiger partial charge in [-0.15, -0.1) is 0 Å². The summed E-state index contributed by atoms with van der Waals surface area (Å²) in [5, 5.41) is 16.9. The number of urea groups is 1. The van der Waals surface area contributed by atoms with E-state index in [-0.39, 0.29) is 5.69 Å². The zero-order chi connectivity index (χ0) is 17.8. The normalized spacial score (nSPS) is 10.6. The fourth-order valence-corrected chi connectivity index (χ4v) is 2.55. The quantitative estimate of drug-likeness (QED) is 0.488. The summed E-state index contributed by atoms with van der Waals surface area (Å²) >= 11 is 0. The molecule has 0 radical (unpaired) electrons. The first kappa shape index (κ1) is 16.4. The summed E-state index contributed by atoms with van der Waals surface area (Å²) in [6.45, 7) is 0.386. The minimum Gasteiger partial charge on any atom is -0.361 e. The van der Waals surface area contributed by atoms with Gasteiger partial charge in [-0.3, -0.25) is 10.1 Å². The monoisotopic (exact) mass is 342 g/mol. The molecule has 0 unspecified atom stereocenters. The molecule has 0 aliphatic rings. The molecule has 0 atom stereocenters. The smallest absolute Gasteiger partial charge is 0.319 e. The number of fused-ring (bicyclic) bond motifs is 1. The van der Waals surface area contributed by atoms with Crippen molar-refractivity contribution < 1.29 is 14.1 Å². The summed E-state index contributed by atoms with van der Waals surface area (Å²) in [4.78, 5) is 24.9. The summed E-state index contributed by atoms with van der Waals surface area (Å²) in [6.07, 6.45) is 2.52. The number of hydrogen-bond donors (Lipinski definition) is 3. The Balaban J connectivity index is 1.56. The van der Waals surface area contributed by atoms with Crippen molar-refractivity contribution in [2.75, 3.05) is 11.9 Å². The van der Waals surface area contributed by atoms with Crippen molar-refractivity contribution in [3.8, 4) is 0 Å². The third kappa shape index (κ3) is 3.74. The number of rotatable bonds is 5. The van der Waals surface area contributed by atoms with E-state index in [0.29, 0.717) is 13.0 Å². The average molecular weight is 342 g/mol. The number of nitro benzene ring substituents is 1. The molecule has 8 heteroatoms. The number of H-pyrrole nitrogens is 1. The highest BCUT2D eigenvalue weighted by atomic mass is 19.1. The largest absolute Gasteiger partial charge is 0.361 e. The molecule has 0 saturated carbocycles. The van der Waals surface area contributed by atoms with Crippen LogP contribution in [0, 0.1) is 15.9 Å². The number of halogens is 1. The summed E-state index contributed by atoms with van der Waals surface area (Å²) in [5.74, 6) is -0.949. The highest BCUT2D eigenvalue weighted by molar-refractivity contribution is 5.89. The molecule has 0 fully saturated rings. The van der Waals surface area contributed by atoms with E-state index in [9.17, 15) is 19.3 Å². The van der Waals surface area contributed by atoms with Gasteiger partial charge >= 0.3 is 11.7 Å². The molecule has 0 aliphatic heterocycles. The van der Waals surface area contributed by atoms with E-state index >= 15 is 0 Å². The zero-order valence-corrected chi connectivity index (χ0v) is 13.1. The molecule has 0 aliphatic carbocycles. The van der Waals surface area contributed by atoms with Gasteiger partial charge in [0.2, 0.25) is 5.82 Å². The maximum Gasteiger partial charge on any atom is 0.319 e. The number of carbonyl (C=O) groups excluding carboxylic acids is 1. The molecule has 2 aromatic carbocycles. The summed E-state index contributed by atoms with van der Waals surface area (Å²) in [5.41, 5.74) is 1.57.